The van der Waals surface area contributed by atoms with Crippen LogP contribution in [0.25, 0.3) is 0 Å². The number of aryl methyl sites for hydroxylation is 1. The summed E-state index contributed by atoms with van der Waals surface area (Å²) in [5, 5.41) is 9.88. The molecule has 0 aliphatic rings. The normalized spacial score (nSPS) is 13.0. The van der Waals surface area contributed by atoms with E-state index in [1.54, 1.807) is 0 Å². The Balaban J connectivity index is 2.86. The van der Waals surface area contributed by atoms with Gasteiger partial charge in [-0.05, 0) is 19.1 Å². The van der Waals surface area contributed by atoms with Crippen LogP contribution in [0.3, 0.4) is 0 Å². The Morgan fingerprint density at radius 1 is 1.64 bits per heavy atom. The zero-order valence-corrected chi connectivity index (χ0v) is 7.87. The number of aliphatic hydroxyl groups excluding tert-OH is 1. The number of nitrogens with zero attached hydrogens (tertiary/aromatic N) is 1. The smallest absolute Gasteiger partial charge is 0.106 e. The summed E-state index contributed by atoms with van der Waals surface area (Å²) in [6.45, 7) is 1.91. The highest BCUT2D eigenvalue weighted by atomic mass is 79.9. The predicted molar refractivity (Wildman–Crippen MR) is 47.7 cm³/mol. The number of hydrogen-bond acceptors (Lipinski definition) is 2. The van der Waals surface area contributed by atoms with E-state index in [9.17, 15) is 5.11 Å². The Hall–Kier alpha value is -0.410. The number of halogens is 1. The zero-order chi connectivity index (χ0) is 8.27. The van der Waals surface area contributed by atoms with Gasteiger partial charge in [-0.2, -0.15) is 0 Å². The van der Waals surface area contributed by atoms with Crippen molar-refractivity contribution in [3.63, 3.8) is 0 Å². The van der Waals surface area contributed by atoms with Gasteiger partial charge in [-0.15, -0.1) is 0 Å². The third-order valence-corrected chi connectivity index (χ3v) is 2.01. The fraction of sp³-hybridized carbons (Fsp3) is 0.375. The van der Waals surface area contributed by atoms with Crippen LogP contribution < -0.4 is 0 Å². The molecule has 2 nitrogen and oxygen atoms in total. The van der Waals surface area contributed by atoms with Crippen molar-refractivity contribution in [2.75, 3.05) is 5.33 Å². The second-order valence-corrected chi connectivity index (χ2v) is 3.02. The molecule has 0 saturated heterocycles. The average molecular weight is 216 g/mol. The van der Waals surface area contributed by atoms with Crippen molar-refractivity contribution in [1.82, 2.24) is 4.98 Å². The van der Waals surface area contributed by atoms with Crippen molar-refractivity contribution in [1.29, 1.82) is 0 Å². The molecule has 0 fully saturated rings. The average Bonchev–Trinajstić information content (AvgIpc) is 2.03. The molecule has 0 bridgehead atoms. The van der Waals surface area contributed by atoms with E-state index in [4.69, 9.17) is 0 Å². The van der Waals surface area contributed by atoms with Gasteiger partial charge in [0.25, 0.3) is 0 Å². The van der Waals surface area contributed by atoms with Gasteiger partial charge in [-0.1, -0.05) is 22.0 Å². The third kappa shape index (κ3) is 2.27. The number of alkyl halides is 1. The molecule has 0 aromatic carbocycles. The maximum atomic E-state index is 9.34. The van der Waals surface area contributed by atoms with Gasteiger partial charge in [-0.3, -0.25) is 4.98 Å². The van der Waals surface area contributed by atoms with Crippen LogP contribution >= 0.6 is 15.9 Å². The minimum Gasteiger partial charge on any atom is -0.386 e. The van der Waals surface area contributed by atoms with Crippen molar-refractivity contribution in [2.24, 2.45) is 0 Å². The van der Waals surface area contributed by atoms with E-state index in [0.29, 0.717) is 5.33 Å². The van der Waals surface area contributed by atoms with E-state index >= 15 is 0 Å². The Bertz CT molecular complexity index is 239. The molecule has 1 rings (SSSR count). The Kier molecular flexibility index (Phi) is 3.02. The van der Waals surface area contributed by atoms with Gasteiger partial charge < -0.3 is 5.11 Å². The molecule has 1 aromatic rings. The lowest BCUT2D eigenvalue weighted by Gasteiger charge is -2.05. The molecule has 11 heavy (non-hydrogen) atoms. The molecule has 0 radical (unpaired) electrons. The number of aromatic nitrogens is 1. The SMILES string of the molecule is Cc1cccc(C(O)CBr)n1. The van der Waals surface area contributed by atoms with Gasteiger partial charge in [0.05, 0.1) is 5.69 Å². The summed E-state index contributed by atoms with van der Waals surface area (Å²) >= 11 is 3.19. The summed E-state index contributed by atoms with van der Waals surface area (Å²) in [5.41, 5.74) is 1.66. The summed E-state index contributed by atoms with van der Waals surface area (Å²) in [7, 11) is 0. The molecular weight excluding hydrogens is 206 g/mol. The van der Waals surface area contributed by atoms with Crippen molar-refractivity contribution in [2.45, 2.75) is 13.0 Å². The number of aliphatic hydroxyl groups is 1. The monoisotopic (exact) mass is 215 g/mol. The zero-order valence-electron chi connectivity index (χ0n) is 6.29. The predicted octanol–water partition coefficient (Wildman–Crippen LogP) is 1.82. The van der Waals surface area contributed by atoms with Crippen LogP contribution in [0.2, 0.25) is 0 Å². The van der Waals surface area contributed by atoms with Crippen molar-refractivity contribution in [3.8, 4) is 0 Å². The van der Waals surface area contributed by atoms with Gasteiger partial charge in [0.15, 0.2) is 0 Å². The first kappa shape index (κ1) is 8.68. The fourth-order valence-corrected chi connectivity index (χ4v) is 1.16. The summed E-state index contributed by atoms with van der Waals surface area (Å²) < 4.78 is 0. The number of pyridine rings is 1. The fourth-order valence-electron chi connectivity index (χ4n) is 0.829. The highest BCUT2D eigenvalue weighted by Crippen LogP contribution is 2.12. The van der Waals surface area contributed by atoms with Crippen LogP contribution in [0.1, 0.15) is 17.5 Å². The quantitative estimate of drug-likeness (QED) is 0.765. The molecule has 0 aliphatic heterocycles. The lowest BCUT2D eigenvalue weighted by Crippen LogP contribution is -2.01. The highest BCUT2D eigenvalue weighted by Gasteiger charge is 2.05. The standard InChI is InChI=1S/C8H10BrNO/c1-6-3-2-4-7(10-6)8(11)5-9/h2-4,8,11H,5H2,1H3. The number of rotatable bonds is 2. The van der Waals surface area contributed by atoms with E-state index in [1.807, 2.05) is 25.1 Å². The first-order valence-electron chi connectivity index (χ1n) is 3.41. The van der Waals surface area contributed by atoms with E-state index in [-0.39, 0.29) is 0 Å². The maximum absolute atomic E-state index is 9.34. The van der Waals surface area contributed by atoms with E-state index < -0.39 is 6.10 Å². The van der Waals surface area contributed by atoms with Crippen molar-refractivity contribution in [3.05, 3.63) is 29.6 Å². The third-order valence-electron chi connectivity index (χ3n) is 1.40. The topological polar surface area (TPSA) is 33.1 Å². The Labute approximate surface area is 74.4 Å². The molecule has 1 atom stereocenters. The Morgan fingerprint density at radius 2 is 2.36 bits per heavy atom. The molecule has 60 valence electrons. The van der Waals surface area contributed by atoms with Gasteiger partial charge >= 0.3 is 0 Å². The summed E-state index contributed by atoms with van der Waals surface area (Å²) in [4.78, 5) is 4.16. The maximum Gasteiger partial charge on any atom is 0.106 e. The molecule has 1 aromatic heterocycles. The molecular formula is C8H10BrNO. The van der Waals surface area contributed by atoms with E-state index in [2.05, 4.69) is 20.9 Å². The first-order valence-corrected chi connectivity index (χ1v) is 4.54. The van der Waals surface area contributed by atoms with E-state index in [0.717, 1.165) is 11.4 Å². The van der Waals surface area contributed by atoms with Gasteiger partial charge in [-0.25, -0.2) is 0 Å². The molecule has 0 spiro atoms. The summed E-state index contributed by atoms with van der Waals surface area (Å²) in [6, 6.07) is 5.62. The molecule has 0 aliphatic carbocycles. The summed E-state index contributed by atoms with van der Waals surface area (Å²) in [6.07, 6.45) is -0.491. The molecule has 1 heterocycles. The first-order chi connectivity index (χ1) is 5.24. The summed E-state index contributed by atoms with van der Waals surface area (Å²) in [5.74, 6) is 0. The highest BCUT2D eigenvalue weighted by molar-refractivity contribution is 9.09. The van der Waals surface area contributed by atoms with Crippen LogP contribution in [0.5, 0.6) is 0 Å². The van der Waals surface area contributed by atoms with Crippen LogP contribution in [-0.2, 0) is 0 Å². The molecule has 0 amide bonds. The lowest BCUT2D eigenvalue weighted by atomic mass is 10.2. The van der Waals surface area contributed by atoms with Crippen LogP contribution in [0.15, 0.2) is 18.2 Å². The minimum atomic E-state index is -0.491. The lowest BCUT2D eigenvalue weighted by molar-refractivity contribution is 0.200. The van der Waals surface area contributed by atoms with Crippen LogP contribution in [0, 0.1) is 6.92 Å². The van der Waals surface area contributed by atoms with E-state index in [1.165, 1.54) is 0 Å². The molecule has 0 saturated carbocycles. The van der Waals surface area contributed by atoms with Gasteiger partial charge in [0.1, 0.15) is 6.10 Å². The van der Waals surface area contributed by atoms with Crippen LogP contribution in [0.4, 0.5) is 0 Å². The molecule has 1 N–H and O–H groups in total. The van der Waals surface area contributed by atoms with Gasteiger partial charge in [0, 0.05) is 11.0 Å². The minimum absolute atomic E-state index is 0.491. The second kappa shape index (κ2) is 3.83. The van der Waals surface area contributed by atoms with Crippen molar-refractivity contribution >= 4 is 15.9 Å². The van der Waals surface area contributed by atoms with Crippen LogP contribution in [-0.4, -0.2) is 15.4 Å². The molecule has 3 heteroatoms. The van der Waals surface area contributed by atoms with Gasteiger partial charge in [0.2, 0.25) is 0 Å². The van der Waals surface area contributed by atoms with Crippen molar-refractivity contribution < 1.29 is 5.11 Å². The second-order valence-electron chi connectivity index (χ2n) is 2.37. The largest absolute Gasteiger partial charge is 0.386 e. The number of hydrogen-bond donors (Lipinski definition) is 1. The Morgan fingerprint density at radius 3 is 2.91 bits per heavy atom. The molecule has 1 unspecified atom stereocenters.